The van der Waals surface area contributed by atoms with Crippen LogP contribution in [0.1, 0.15) is 39.5 Å². The summed E-state index contributed by atoms with van der Waals surface area (Å²) in [6.07, 6.45) is 1.42. The molecule has 0 amide bonds. The number of alkyl halides is 2. The van der Waals surface area contributed by atoms with E-state index in [1.807, 2.05) is 0 Å². The second-order valence-electron chi connectivity index (χ2n) is 4.83. The van der Waals surface area contributed by atoms with Crippen molar-refractivity contribution in [2.75, 3.05) is 0 Å². The van der Waals surface area contributed by atoms with Crippen LogP contribution in [0.25, 0.3) is 0 Å². The van der Waals surface area contributed by atoms with Crippen LogP contribution < -0.4 is 0 Å². The van der Waals surface area contributed by atoms with Crippen molar-refractivity contribution in [3.05, 3.63) is 0 Å². The molecule has 0 aliphatic heterocycles. The number of aliphatic hydroxyl groups is 1. The minimum atomic E-state index is -4.09. The first kappa shape index (κ1) is 12.4. The van der Waals surface area contributed by atoms with E-state index < -0.39 is 22.9 Å². The number of carboxylic acid groups (broad SMARTS) is 1. The number of carbonyl (C=O) groups is 1. The van der Waals surface area contributed by atoms with Crippen LogP contribution in [0.15, 0.2) is 0 Å². The molecule has 0 aromatic heterocycles. The van der Waals surface area contributed by atoms with Crippen molar-refractivity contribution >= 4 is 5.97 Å². The van der Waals surface area contributed by atoms with Crippen LogP contribution in [0.4, 0.5) is 8.78 Å². The van der Waals surface area contributed by atoms with Gasteiger partial charge in [0.1, 0.15) is 5.60 Å². The zero-order chi connectivity index (χ0) is 11.9. The average Bonchev–Trinajstić information content (AvgIpc) is 2.09. The summed E-state index contributed by atoms with van der Waals surface area (Å²) in [5, 5.41) is 18.4. The van der Waals surface area contributed by atoms with Gasteiger partial charge in [0.2, 0.25) is 0 Å². The molecule has 0 aromatic rings. The first-order valence-corrected chi connectivity index (χ1v) is 4.99. The van der Waals surface area contributed by atoms with E-state index in [2.05, 4.69) is 0 Å². The van der Waals surface area contributed by atoms with E-state index in [1.165, 1.54) is 13.8 Å². The maximum Gasteiger partial charge on any atom is 0.377 e. The van der Waals surface area contributed by atoms with E-state index in [0.717, 1.165) is 6.42 Å². The molecule has 0 bridgehead atoms. The molecule has 1 fully saturated rings. The molecule has 1 rings (SSSR count). The maximum absolute atomic E-state index is 13.5. The molecule has 88 valence electrons. The van der Waals surface area contributed by atoms with Crippen LogP contribution >= 0.6 is 0 Å². The van der Waals surface area contributed by atoms with Crippen molar-refractivity contribution in [3.63, 3.8) is 0 Å². The van der Waals surface area contributed by atoms with Gasteiger partial charge in [-0.05, 0) is 12.8 Å². The van der Waals surface area contributed by atoms with Crippen molar-refractivity contribution in [3.8, 4) is 0 Å². The van der Waals surface area contributed by atoms with Crippen LogP contribution in [-0.2, 0) is 4.79 Å². The molecular formula is C10H16F2O3. The van der Waals surface area contributed by atoms with Gasteiger partial charge in [-0.2, -0.15) is 8.78 Å². The van der Waals surface area contributed by atoms with Gasteiger partial charge in [-0.25, -0.2) is 4.79 Å². The third-order valence-corrected chi connectivity index (χ3v) is 3.50. The molecule has 3 nitrogen and oxygen atoms in total. The molecule has 15 heavy (non-hydrogen) atoms. The zero-order valence-electron chi connectivity index (χ0n) is 8.89. The van der Waals surface area contributed by atoms with Gasteiger partial charge in [0.15, 0.2) is 0 Å². The van der Waals surface area contributed by atoms with Crippen molar-refractivity contribution < 1.29 is 23.8 Å². The largest absolute Gasteiger partial charge is 0.477 e. The SMILES string of the molecule is CC1(C)CCCCC1(O)C(F)(F)C(=O)O. The number of rotatable bonds is 2. The van der Waals surface area contributed by atoms with E-state index in [1.54, 1.807) is 0 Å². The van der Waals surface area contributed by atoms with Gasteiger partial charge < -0.3 is 10.2 Å². The highest BCUT2D eigenvalue weighted by molar-refractivity contribution is 5.77. The van der Waals surface area contributed by atoms with Crippen molar-refractivity contribution in [2.24, 2.45) is 5.41 Å². The number of hydrogen-bond donors (Lipinski definition) is 2. The molecule has 1 aliphatic carbocycles. The van der Waals surface area contributed by atoms with E-state index in [9.17, 15) is 18.7 Å². The lowest BCUT2D eigenvalue weighted by molar-refractivity contribution is -0.249. The van der Waals surface area contributed by atoms with Gasteiger partial charge in [0, 0.05) is 5.41 Å². The summed E-state index contributed by atoms with van der Waals surface area (Å²) in [5.41, 5.74) is -3.52. The number of carboxylic acids is 1. The predicted octanol–water partition coefficient (Wildman–Crippen LogP) is 2.04. The third-order valence-electron chi connectivity index (χ3n) is 3.50. The van der Waals surface area contributed by atoms with Gasteiger partial charge in [-0.15, -0.1) is 0 Å². The van der Waals surface area contributed by atoms with Crippen molar-refractivity contribution in [2.45, 2.75) is 51.1 Å². The topological polar surface area (TPSA) is 57.5 Å². The smallest absolute Gasteiger partial charge is 0.377 e. The fourth-order valence-electron chi connectivity index (χ4n) is 2.25. The summed E-state index contributed by atoms with van der Waals surface area (Å²) in [5.74, 6) is -6.34. The van der Waals surface area contributed by atoms with Gasteiger partial charge in [-0.1, -0.05) is 26.7 Å². The molecule has 2 N–H and O–H groups in total. The van der Waals surface area contributed by atoms with Crippen molar-refractivity contribution in [1.29, 1.82) is 0 Å². The molecule has 0 radical (unpaired) electrons. The Balaban J connectivity index is 3.13. The second-order valence-corrected chi connectivity index (χ2v) is 4.83. The van der Waals surface area contributed by atoms with E-state index in [-0.39, 0.29) is 6.42 Å². The normalized spacial score (nSPS) is 31.3. The van der Waals surface area contributed by atoms with E-state index in [4.69, 9.17) is 5.11 Å². The Kier molecular flexibility index (Phi) is 2.80. The van der Waals surface area contributed by atoms with Gasteiger partial charge in [0.25, 0.3) is 0 Å². The Morgan fingerprint density at radius 3 is 2.13 bits per heavy atom. The Labute approximate surface area is 87.1 Å². The van der Waals surface area contributed by atoms with E-state index in [0.29, 0.717) is 12.8 Å². The molecule has 1 unspecified atom stereocenters. The second kappa shape index (κ2) is 3.40. The molecular weight excluding hydrogens is 206 g/mol. The molecule has 1 saturated carbocycles. The minimum Gasteiger partial charge on any atom is -0.477 e. The molecule has 1 atom stereocenters. The number of halogens is 2. The Bertz CT molecular complexity index is 276. The first-order valence-electron chi connectivity index (χ1n) is 4.99. The lowest BCUT2D eigenvalue weighted by Gasteiger charge is -2.48. The number of aliphatic carboxylic acids is 1. The highest BCUT2D eigenvalue weighted by Crippen LogP contribution is 2.51. The number of hydrogen-bond acceptors (Lipinski definition) is 2. The van der Waals surface area contributed by atoms with Crippen LogP contribution in [0.5, 0.6) is 0 Å². The Morgan fingerprint density at radius 1 is 1.27 bits per heavy atom. The first-order chi connectivity index (χ1) is 6.65. The van der Waals surface area contributed by atoms with Crippen LogP contribution in [0.3, 0.4) is 0 Å². The van der Waals surface area contributed by atoms with Gasteiger partial charge in [-0.3, -0.25) is 0 Å². The lowest BCUT2D eigenvalue weighted by atomic mass is 9.62. The zero-order valence-corrected chi connectivity index (χ0v) is 8.89. The van der Waals surface area contributed by atoms with Gasteiger partial charge >= 0.3 is 11.9 Å². The molecule has 0 aromatic carbocycles. The summed E-state index contributed by atoms with van der Waals surface area (Å²) in [6, 6.07) is 0. The summed E-state index contributed by atoms with van der Waals surface area (Å²) in [6.45, 7) is 2.98. The average molecular weight is 222 g/mol. The predicted molar refractivity (Wildman–Crippen MR) is 49.8 cm³/mol. The Morgan fingerprint density at radius 2 is 1.73 bits per heavy atom. The Hall–Kier alpha value is -0.710. The summed E-state index contributed by atoms with van der Waals surface area (Å²) >= 11 is 0. The van der Waals surface area contributed by atoms with Crippen molar-refractivity contribution in [1.82, 2.24) is 0 Å². The third kappa shape index (κ3) is 1.62. The summed E-state index contributed by atoms with van der Waals surface area (Å²) in [4.78, 5) is 10.5. The highest BCUT2D eigenvalue weighted by Gasteiger charge is 2.65. The summed E-state index contributed by atoms with van der Waals surface area (Å²) < 4.78 is 26.9. The molecule has 5 heteroatoms. The van der Waals surface area contributed by atoms with Crippen LogP contribution in [0.2, 0.25) is 0 Å². The lowest BCUT2D eigenvalue weighted by Crippen LogP contribution is -2.62. The standard InChI is InChI=1S/C10H16F2O3/c1-8(2)5-3-4-6-9(8,15)10(11,12)7(13)14/h15H,3-6H2,1-2H3,(H,13,14). The monoisotopic (exact) mass is 222 g/mol. The van der Waals surface area contributed by atoms with E-state index >= 15 is 0 Å². The van der Waals surface area contributed by atoms with Gasteiger partial charge in [0.05, 0.1) is 0 Å². The quantitative estimate of drug-likeness (QED) is 0.751. The molecule has 0 saturated heterocycles. The van der Waals surface area contributed by atoms with Crippen LogP contribution in [-0.4, -0.2) is 27.7 Å². The fourth-order valence-corrected chi connectivity index (χ4v) is 2.25. The van der Waals surface area contributed by atoms with Crippen LogP contribution in [0, 0.1) is 5.41 Å². The molecule has 0 spiro atoms. The maximum atomic E-state index is 13.5. The molecule has 0 heterocycles. The highest BCUT2D eigenvalue weighted by atomic mass is 19.3. The fraction of sp³-hybridized carbons (Fsp3) is 0.900. The molecule has 1 aliphatic rings. The minimum absolute atomic E-state index is 0.167. The summed E-state index contributed by atoms with van der Waals surface area (Å²) in [7, 11) is 0.